The minimum absolute atomic E-state index is 0.155. The summed E-state index contributed by atoms with van der Waals surface area (Å²) < 4.78 is 11.5. The number of aryl methyl sites for hydroxylation is 1. The van der Waals surface area contributed by atoms with Crippen LogP contribution in [0.3, 0.4) is 0 Å². The quantitative estimate of drug-likeness (QED) is 0.358. The summed E-state index contributed by atoms with van der Waals surface area (Å²) in [5.41, 5.74) is 2.56. The molecule has 2 atom stereocenters. The van der Waals surface area contributed by atoms with Crippen molar-refractivity contribution in [2.24, 2.45) is 5.10 Å². The van der Waals surface area contributed by atoms with Gasteiger partial charge >= 0.3 is 0 Å². The molecule has 176 valence electrons. The Morgan fingerprint density at radius 1 is 1.14 bits per heavy atom. The first-order valence-electron chi connectivity index (χ1n) is 10.4. The second-order valence-corrected chi connectivity index (χ2v) is 8.52. The maximum absolute atomic E-state index is 10.2. The second-order valence-electron chi connectivity index (χ2n) is 7.71. The highest BCUT2D eigenvalue weighted by Crippen LogP contribution is 2.41. The van der Waals surface area contributed by atoms with Gasteiger partial charge in [-0.2, -0.15) is 10.4 Å². The van der Waals surface area contributed by atoms with E-state index < -0.39 is 12.6 Å². The predicted octanol–water partition coefficient (Wildman–Crippen LogP) is 4.79. The number of aromatic nitrogens is 1. The number of hydrogen-bond acceptors (Lipinski definition) is 9. The number of nitrogens with one attached hydrogen (secondary N) is 1. The van der Waals surface area contributed by atoms with Crippen LogP contribution in [-0.4, -0.2) is 33.5 Å². The minimum Gasteiger partial charge on any atom is -0.463 e. The Morgan fingerprint density at radius 2 is 1.91 bits per heavy atom. The molecule has 0 bridgehead atoms. The SMILES string of the molecule is Cc1cc(-c2ccco2)nc2ccc(Oc3c(Cl)cc(N4N=C(C#N)C(O)NC4O)cc3Cl)cc12. The molecular formula is C24H17Cl2N5O4. The normalized spacial score (nSPS) is 17.8. The van der Waals surface area contributed by atoms with Crippen LogP contribution in [0.4, 0.5) is 5.69 Å². The lowest BCUT2D eigenvalue weighted by molar-refractivity contribution is 0.0631. The summed E-state index contributed by atoms with van der Waals surface area (Å²) in [5, 5.41) is 37.7. The molecular weight excluding hydrogens is 493 g/mol. The van der Waals surface area contributed by atoms with E-state index in [0.29, 0.717) is 11.5 Å². The van der Waals surface area contributed by atoms with E-state index in [1.165, 1.54) is 12.1 Å². The number of ether oxygens (including phenoxy) is 1. The zero-order valence-corrected chi connectivity index (χ0v) is 19.6. The van der Waals surface area contributed by atoms with E-state index in [4.69, 9.17) is 37.6 Å². The van der Waals surface area contributed by atoms with Crippen LogP contribution in [0.25, 0.3) is 22.4 Å². The Bertz CT molecular complexity index is 1480. The molecule has 35 heavy (non-hydrogen) atoms. The number of pyridine rings is 1. The predicted molar refractivity (Wildman–Crippen MR) is 131 cm³/mol. The lowest BCUT2D eigenvalue weighted by Crippen LogP contribution is -2.55. The second kappa shape index (κ2) is 9.19. The van der Waals surface area contributed by atoms with Crippen molar-refractivity contribution in [3.63, 3.8) is 0 Å². The van der Waals surface area contributed by atoms with Gasteiger partial charge in [-0.1, -0.05) is 23.2 Å². The third-order valence-corrected chi connectivity index (χ3v) is 5.92. The van der Waals surface area contributed by atoms with Gasteiger partial charge in [-0.05, 0) is 61.0 Å². The molecule has 0 spiro atoms. The molecule has 0 amide bonds. The molecule has 2 aromatic heterocycles. The highest BCUT2D eigenvalue weighted by atomic mass is 35.5. The van der Waals surface area contributed by atoms with E-state index in [9.17, 15) is 10.2 Å². The van der Waals surface area contributed by atoms with E-state index in [0.717, 1.165) is 27.2 Å². The third kappa shape index (κ3) is 4.41. The van der Waals surface area contributed by atoms with Crippen LogP contribution < -0.4 is 15.1 Å². The molecule has 11 heteroatoms. The molecule has 9 nitrogen and oxygen atoms in total. The Morgan fingerprint density at radius 3 is 2.60 bits per heavy atom. The number of hydrazone groups is 1. The molecule has 0 radical (unpaired) electrons. The van der Waals surface area contributed by atoms with Crippen LogP contribution in [-0.2, 0) is 0 Å². The first kappa shape index (κ1) is 23.1. The number of aliphatic hydroxyl groups is 2. The van der Waals surface area contributed by atoms with Gasteiger partial charge in [0.15, 0.2) is 23.4 Å². The number of fused-ring (bicyclic) bond motifs is 1. The van der Waals surface area contributed by atoms with Crippen molar-refractivity contribution in [3.05, 3.63) is 70.4 Å². The zero-order valence-electron chi connectivity index (χ0n) is 18.1. The van der Waals surface area contributed by atoms with Crippen LogP contribution in [0.1, 0.15) is 5.56 Å². The van der Waals surface area contributed by atoms with E-state index >= 15 is 0 Å². The molecule has 4 aromatic rings. The van der Waals surface area contributed by atoms with Crippen LogP contribution >= 0.6 is 23.2 Å². The molecule has 2 unspecified atom stereocenters. The summed E-state index contributed by atoms with van der Waals surface area (Å²) in [6.45, 7) is 1.97. The number of halogens is 2. The molecule has 3 N–H and O–H groups in total. The summed E-state index contributed by atoms with van der Waals surface area (Å²) in [5.74, 6) is 1.39. The first-order chi connectivity index (χ1) is 16.8. The van der Waals surface area contributed by atoms with Gasteiger partial charge in [0.2, 0.25) is 6.35 Å². The van der Waals surface area contributed by atoms with E-state index in [2.05, 4.69) is 15.4 Å². The Labute approximate surface area is 209 Å². The first-order valence-corrected chi connectivity index (χ1v) is 11.1. The van der Waals surface area contributed by atoms with Crippen molar-refractivity contribution in [1.82, 2.24) is 10.3 Å². The summed E-state index contributed by atoms with van der Waals surface area (Å²) in [6.07, 6.45) is -1.18. The largest absolute Gasteiger partial charge is 0.463 e. The number of anilines is 1. The van der Waals surface area contributed by atoms with E-state index in [-0.39, 0.29) is 27.2 Å². The third-order valence-electron chi connectivity index (χ3n) is 5.36. The average molecular weight is 510 g/mol. The van der Waals surface area contributed by atoms with Gasteiger partial charge in [-0.25, -0.2) is 15.3 Å². The number of rotatable bonds is 4. The fourth-order valence-electron chi connectivity index (χ4n) is 3.68. The molecule has 1 aliphatic heterocycles. The van der Waals surface area contributed by atoms with Crippen LogP contribution in [0, 0.1) is 18.3 Å². The van der Waals surface area contributed by atoms with Crippen molar-refractivity contribution >= 4 is 45.5 Å². The Hall–Kier alpha value is -3.65. The summed E-state index contributed by atoms with van der Waals surface area (Å²) >= 11 is 12.9. The fraction of sp³-hybridized carbons (Fsp3) is 0.125. The van der Waals surface area contributed by atoms with E-state index in [1.807, 2.05) is 37.3 Å². The number of aliphatic hydroxyl groups excluding tert-OH is 2. The monoisotopic (exact) mass is 509 g/mol. The average Bonchev–Trinajstić information content (AvgIpc) is 3.37. The number of furan rings is 1. The molecule has 1 aliphatic rings. The maximum atomic E-state index is 10.2. The smallest absolute Gasteiger partial charge is 0.206 e. The van der Waals surface area contributed by atoms with Crippen molar-refractivity contribution < 1.29 is 19.4 Å². The number of benzene rings is 2. The van der Waals surface area contributed by atoms with Crippen molar-refractivity contribution in [2.75, 3.05) is 5.01 Å². The Kier molecular flexibility index (Phi) is 6.06. The van der Waals surface area contributed by atoms with Crippen molar-refractivity contribution in [1.29, 1.82) is 5.26 Å². The van der Waals surface area contributed by atoms with E-state index in [1.54, 1.807) is 18.4 Å². The number of hydrogen-bond donors (Lipinski definition) is 3. The highest BCUT2D eigenvalue weighted by Gasteiger charge is 2.29. The molecule has 0 saturated carbocycles. The number of nitrogens with zero attached hydrogens (tertiary/aromatic N) is 4. The van der Waals surface area contributed by atoms with Gasteiger partial charge in [0.25, 0.3) is 0 Å². The van der Waals surface area contributed by atoms with Crippen LogP contribution in [0.5, 0.6) is 11.5 Å². The summed E-state index contributed by atoms with van der Waals surface area (Å²) in [7, 11) is 0. The van der Waals surface area contributed by atoms with Gasteiger partial charge < -0.3 is 19.4 Å². The Balaban J connectivity index is 1.46. The van der Waals surface area contributed by atoms with Crippen LogP contribution in [0.15, 0.2) is 64.3 Å². The van der Waals surface area contributed by atoms with Gasteiger partial charge in [-0.3, -0.25) is 0 Å². The number of nitriles is 1. The standard InChI is InChI=1S/C24H17Cl2N5O4/c1-12-7-19(21-3-2-6-34-21)28-18-5-4-14(10-15(12)18)35-22-16(25)8-13(9-17(22)26)31-24(33)29-23(32)20(11-27)30-31/h2-10,23-24,29,32-33H,1H3. The lowest BCUT2D eigenvalue weighted by atomic mass is 10.1. The molecule has 2 aromatic carbocycles. The topological polar surface area (TPSA) is 127 Å². The lowest BCUT2D eigenvalue weighted by Gasteiger charge is -2.32. The molecule has 0 fully saturated rings. The molecule has 5 rings (SSSR count). The summed E-state index contributed by atoms with van der Waals surface area (Å²) in [4.78, 5) is 4.66. The van der Waals surface area contributed by atoms with Crippen molar-refractivity contribution in [2.45, 2.75) is 19.5 Å². The molecule has 3 heterocycles. The summed E-state index contributed by atoms with van der Waals surface area (Å²) in [6, 6.07) is 15.7. The maximum Gasteiger partial charge on any atom is 0.206 e. The molecule has 0 aliphatic carbocycles. The van der Waals surface area contributed by atoms with Gasteiger partial charge in [0.1, 0.15) is 17.5 Å². The highest BCUT2D eigenvalue weighted by molar-refractivity contribution is 6.37. The van der Waals surface area contributed by atoms with Gasteiger partial charge in [-0.15, -0.1) is 0 Å². The molecule has 0 saturated heterocycles. The fourth-order valence-corrected chi connectivity index (χ4v) is 4.23. The van der Waals surface area contributed by atoms with Crippen molar-refractivity contribution in [3.8, 4) is 29.0 Å². The zero-order chi connectivity index (χ0) is 24.7. The van der Waals surface area contributed by atoms with Gasteiger partial charge in [0.05, 0.1) is 27.5 Å². The van der Waals surface area contributed by atoms with Crippen LogP contribution in [0.2, 0.25) is 10.0 Å². The van der Waals surface area contributed by atoms with Gasteiger partial charge in [0, 0.05) is 5.39 Å². The minimum atomic E-state index is -1.40.